The highest BCUT2D eigenvalue weighted by Gasteiger charge is 2.18. The minimum Gasteiger partial charge on any atom is -0.506 e. The van der Waals surface area contributed by atoms with E-state index in [1.165, 1.54) is 6.20 Å². The number of rotatable bonds is 3. The van der Waals surface area contributed by atoms with E-state index in [4.69, 9.17) is 9.84 Å². The molecule has 0 saturated carbocycles. The van der Waals surface area contributed by atoms with Gasteiger partial charge in [0, 0.05) is 22.3 Å². The summed E-state index contributed by atoms with van der Waals surface area (Å²) in [4.78, 5) is 11.0. The fourth-order valence-electron chi connectivity index (χ4n) is 2.05. The van der Waals surface area contributed by atoms with Crippen LogP contribution in [0.3, 0.4) is 0 Å². The number of aliphatic carboxylic acids is 1. The molecule has 0 radical (unpaired) electrons. The van der Waals surface area contributed by atoms with Crippen molar-refractivity contribution in [2.75, 3.05) is 12.4 Å². The summed E-state index contributed by atoms with van der Waals surface area (Å²) in [5, 5.41) is 23.3. The lowest BCUT2D eigenvalue weighted by Gasteiger charge is -2.14. The highest BCUT2D eigenvalue weighted by Crippen LogP contribution is 2.14. The number of carbonyl (C=O) groups is 1. The van der Waals surface area contributed by atoms with E-state index in [-0.39, 0.29) is 11.3 Å². The number of ether oxygens (including phenoxy) is 1. The van der Waals surface area contributed by atoms with Gasteiger partial charge in [0.05, 0.1) is 13.4 Å². The first-order chi connectivity index (χ1) is 9.08. The molecule has 0 bridgehead atoms. The number of methoxy groups -OCH3 is 1. The molecule has 0 amide bonds. The Hall–Kier alpha value is -2.43. The Morgan fingerprint density at radius 2 is 2.21 bits per heavy atom. The van der Waals surface area contributed by atoms with Crippen LogP contribution < -0.4 is 15.8 Å². The Balaban J connectivity index is 2.73. The first-order valence-corrected chi connectivity index (χ1v) is 5.88. The van der Waals surface area contributed by atoms with Crippen LogP contribution in [0.5, 0.6) is 0 Å². The number of hydrogen-bond donors (Lipinski definition) is 3. The van der Waals surface area contributed by atoms with E-state index in [9.17, 15) is 9.90 Å². The van der Waals surface area contributed by atoms with Crippen LogP contribution in [0.2, 0.25) is 0 Å². The molecule has 1 aromatic rings. The van der Waals surface area contributed by atoms with Gasteiger partial charge in [-0.25, -0.2) is 4.79 Å². The van der Waals surface area contributed by atoms with Crippen LogP contribution in [0, 0.1) is 0 Å². The van der Waals surface area contributed by atoms with Crippen LogP contribution >= 0.6 is 0 Å². The molecule has 2 rings (SSSR count). The molecule has 0 unspecified atom stereocenters. The van der Waals surface area contributed by atoms with Crippen LogP contribution in [-0.4, -0.2) is 23.3 Å². The van der Waals surface area contributed by atoms with Crippen molar-refractivity contribution in [3.63, 3.8) is 0 Å². The van der Waals surface area contributed by atoms with Crippen molar-refractivity contribution in [1.29, 1.82) is 0 Å². The van der Waals surface area contributed by atoms with Gasteiger partial charge in [-0.3, -0.25) is 0 Å². The van der Waals surface area contributed by atoms with E-state index in [0.717, 1.165) is 17.2 Å². The van der Waals surface area contributed by atoms with Crippen molar-refractivity contribution < 1.29 is 19.7 Å². The number of aryl methyl sites for hydroxylation is 1. The van der Waals surface area contributed by atoms with Crippen molar-refractivity contribution in [2.45, 2.75) is 13.3 Å². The fourth-order valence-corrected chi connectivity index (χ4v) is 2.05. The van der Waals surface area contributed by atoms with Gasteiger partial charge in [0.25, 0.3) is 0 Å². The molecule has 0 aliphatic carbocycles. The molecule has 5 nitrogen and oxygen atoms in total. The van der Waals surface area contributed by atoms with Crippen molar-refractivity contribution in [1.82, 2.24) is 0 Å². The average molecular weight is 261 g/mol. The smallest absolute Gasteiger partial charge is 0.341 e. The summed E-state index contributed by atoms with van der Waals surface area (Å²) in [6.07, 6.45) is 3.65. The Morgan fingerprint density at radius 3 is 2.79 bits per heavy atom. The maximum Gasteiger partial charge on any atom is 0.341 e. The topological polar surface area (TPSA) is 78.8 Å². The zero-order valence-corrected chi connectivity index (χ0v) is 10.7. The minimum atomic E-state index is -1.17. The lowest BCUT2D eigenvalue weighted by Crippen LogP contribution is -2.26. The van der Waals surface area contributed by atoms with Gasteiger partial charge in [-0.2, -0.15) is 0 Å². The highest BCUT2D eigenvalue weighted by atomic mass is 16.5. The predicted octanol–water partition coefficient (Wildman–Crippen LogP) is 0.694. The number of aliphatic hydroxyl groups is 1. The minimum absolute atomic E-state index is 0.141. The van der Waals surface area contributed by atoms with Gasteiger partial charge in [-0.1, -0.05) is 6.92 Å². The van der Waals surface area contributed by atoms with Crippen molar-refractivity contribution >= 4 is 23.7 Å². The van der Waals surface area contributed by atoms with Gasteiger partial charge in [0.2, 0.25) is 0 Å². The quantitative estimate of drug-likeness (QED) is 0.746. The van der Waals surface area contributed by atoms with Crippen LogP contribution in [-0.2, 0) is 16.0 Å². The van der Waals surface area contributed by atoms with Gasteiger partial charge >= 0.3 is 5.97 Å². The summed E-state index contributed by atoms with van der Waals surface area (Å²) >= 11 is 0. The van der Waals surface area contributed by atoms with Gasteiger partial charge in [-0.15, -0.1) is 0 Å². The van der Waals surface area contributed by atoms with Crippen LogP contribution in [0.15, 0.2) is 23.9 Å². The number of carboxylic acids is 1. The fraction of sp³-hybridized carbons (Fsp3) is 0.214. The SMILES string of the molecule is CCc1cc2c(c/c1=C\OC)NC=C(C(=O)O)C=2O. The predicted molar refractivity (Wildman–Crippen MR) is 71.9 cm³/mol. The Bertz CT molecular complexity index is 673. The van der Waals surface area contributed by atoms with Crippen molar-refractivity contribution in [3.8, 4) is 0 Å². The van der Waals surface area contributed by atoms with Crippen LogP contribution in [0.1, 0.15) is 12.5 Å². The van der Waals surface area contributed by atoms with Gasteiger partial charge < -0.3 is 20.3 Å². The zero-order chi connectivity index (χ0) is 14.0. The molecule has 19 heavy (non-hydrogen) atoms. The molecule has 100 valence electrons. The Labute approximate surface area is 110 Å². The Morgan fingerprint density at radius 1 is 1.47 bits per heavy atom. The molecule has 1 aliphatic rings. The van der Waals surface area contributed by atoms with E-state index in [1.807, 2.05) is 13.0 Å². The maximum atomic E-state index is 11.0. The number of carboxylic acid groups (broad SMARTS) is 1. The number of nitrogens with one attached hydrogen (secondary N) is 1. The first kappa shape index (κ1) is 13.0. The second-order valence-corrected chi connectivity index (χ2v) is 4.16. The van der Waals surface area contributed by atoms with Crippen LogP contribution in [0.25, 0.3) is 12.0 Å². The third kappa shape index (κ3) is 2.27. The number of fused-ring (bicyclic) bond motifs is 1. The standard InChI is InChI=1S/C14H15NO4/c1-3-8-4-10-12(5-9(8)7-19-2)15-6-11(13(10)16)14(17)18/h4-7,15-16H,3H2,1-2H3,(H,17,18)/b9-7+. The molecular weight excluding hydrogens is 246 g/mol. The molecule has 1 aliphatic heterocycles. The summed E-state index contributed by atoms with van der Waals surface area (Å²) in [6, 6.07) is 3.60. The second-order valence-electron chi connectivity index (χ2n) is 4.16. The van der Waals surface area contributed by atoms with Gasteiger partial charge in [0.1, 0.15) is 11.3 Å². The molecule has 0 fully saturated rings. The molecule has 0 atom stereocenters. The average Bonchev–Trinajstić information content (AvgIpc) is 2.38. The summed E-state index contributed by atoms with van der Waals surface area (Å²) in [5.41, 5.74) is 1.49. The molecule has 5 heteroatoms. The third-order valence-electron chi connectivity index (χ3n) is 3.02. The number of aliphatic hydroxyl groups excluding tert-OH is 1. The molecule has 1 aromatic carbocycles. The molecule has 0 saturated heterocycles. The number of hydrogen-bond acceptors (Lipinski definition) is 4. The van der Waals surface area contributed by atoms with E-state index < -0.39 is 5.97 Å². The third-order valence-corrected chi connectivity index (χ3v) is 3.02. The lowest BCUT2D eigenvalue weighted by molar-refractivity contribution is -0.132. The largest absolute Gasteiger partial charge is 0.506 e. The van der Waals surface area contributed by atoms with Crippen molar-refractivity contribution in [3.05, 3.63) is 39.9 Å². The molecular formula is C14H15NO4. The van der Waals surface area contributed by atoms with Crippen LogP contribution in [0.4, 0.5) is 5.69 Å². The van der Waals surface area contributed by atoms with E-state index in [1.54, 1.807) is 19.4 Å². The highest BCUT2D eigenvalue weighted by molar-refractivity contribution is 6.00. The van der Waals surface area contributed by atoms with E-state index in [2.05, 4.69) is 5.32 Å². The van der Waals surface area contributed by atoms with E-state index in [0.29, 0.717) is 10.9 Å². The van der Waals surface area contributed by atoms with Crippen molar-refractivity contribution in [2.24, 2.45) is 0 Å². The summed E-state index contributed by atoms with van der Waals surface area (Å²) in [6.45, 7) is 1.98. The van der Waals surface area contributed by atoms with E-state index >= 15 is 0 Å². The van der Waals surface area contributed by atoms with Gasteiger partial charge in [-0.05, 0) is 24.1 Å². The number of benzene rings is 1. The monoisotopic (exact) mass is 261 g/mol. The zero-order valence-electron chi connectivity index (χ0n) is 10.7. The molecule has 1 heterocycles. The molecule has 0 aromatic heterocycles. The molecule has 3 N–H and O–H groups in total. The first-order valence-electron chi connectivity index (χ1n) is 5.88. The summed E-state index contributed by atoms with van der Waals surface area (Å²) in [7, 11) is 1.57. The second kappa shape index (κ2) is 5.06. The van der Waals surface area contributed by atoms with Gasteiger partial charge in [0.15, 0.2) is 0 Å². The summed E-state index contributed by atoms with van der Waals surface area (Å²) in [5.74, 6) is -1.39. The summed E-state index contributed by atoms with van der Waals surface area (Å²) < 4.78 is 5.02. The number of anilines is 1. The molecule has 0 spiro atoms. The maximum absolute atomic E-state index is 11.0. The normalized spacial score (nSPS) is 14.5. The lowest BCUT2D eigenvalue weighted by atomic mass is 10.0. The Kier molecular flexibility index (Phi) is 3.46.